The molecule has 1 saturated heterocycles. The van der Waals surface area contributed by atoms with E-state index < -0.39 is 26.8 Å². The van der Waals surface area contributed by atoms with E-state index in [1.165, 1.54) is 7.05 Å². The molecule has 0 amide bonds. The Labute approximate surface area is 138 Å². The van der Waals surface area contributed by atoms with Crippen molar-refractivity contribution >= 4 is 34.0 Å². The molecule has 1 heterocycles. The highest BCUT2D eigenvalue weighted by atomic mass is 35.5. The van der Waals surface area contributed by atoms with Gasteiger partial charge in [0.25, 0.3) is 0 Å². The van der Waals surface area contributed by atoms with Crippen LogP contribution in [-0.4, -0.2) is 38.9 Å². The minimum atomic E-state index is -4.56. The van der Waals surface area contributed by atoms with Crippen LogP contribution >= 0.6 is 24.0 Å². The molecule has 0 spiro atoms. The number of alkyl halides is 3. The second-order valence-electron chi connectivity index (χ2n) is 4.81. The molecule has 126 valence electrons. The molecule has 0 saturated carbocycles. The van der Waals surface area contributed by atoms with E-state index in [-0.39, 0.29) is 23.3 Å². The van der Waals surface area contributed by atoms with Crippen LogP contribution in [0.25, 0.3) is 0 Å². The monoisotopic (exact) mass is 378 g/mol. The van der Waals surface area contributed by atoms with Crippen LogP contribution in [0, 0.1) is 0 Å². The van der Waals surface area contributed by atoms with Crippen LogP contribution in [0.3, 0.4) is 0 Å². The zero-order valence-corrected chi connectivity index (χ0v) is 13.9. The number of likely N-dealkylation sites (N-methyl/N-ethyl adjacent to an activating group) is 1. The van der Waals surface area contributed by atoms with E-state index in [0.29, 0.717) is 25.6 Å². The quantitative estimate of drug-likeness (QED) is 0.879. The van der Waals surface area contributed by atoms with Gasteiger partial charge in [-0.2, -0.15) is 17.5 Å². The van der Waals surface area contributed by atoms with Crippen LogP contribution < -0.4 is 5.32 Å². The van der Waals surface area contributed by atoms with Crippen molar-refractivity contribution in [2.75, 3.05) is 20.1 Å². The van der Waals surface area contributed by atoms with Gasteiger partial charge in [0.2, 0.25) is 10.0 Å². The number of rotatable bonds is 3. The minimum Gasteiger partial charge on any atom is -0.315 e. The molecule has 1 aromatic carbocycles. The smallest absolute Gasteiger partial charge is 0.315 e. The molecule has 1 fully saturated rings. The van der Waals surface area contributed by atoms with Gasteiger partial charge in [0.15, 0.2) is 0 Å². The Bertz CT molecular complexity index is 632. The van der Waals surface area contributed by atoms with Crippen molar-refractivity contribution in [3.63, 3.8) is 0 Å². The van der Waals surface area contributed by atoms with Crippen LogP contribution in [0.1, 0.15) is 12.0 Å². The summed E-state index contributed by atoms with van der Waals surface area (Å²) in [6.45, 7) is 1.21. The van der Waals surface area contributed by atoms with E-state index in [4.69, 9.17) is 11.6 Å². The van der Waals surface area contributed by atoms with Crippen molar-refractivity contribution in [1.29, 1.82) is 0 Å². The second-order valence-corrected chi connectivity index (χ2v) is 7.18. The van der Waals surface area contributed by atoms with Gasteiger partial charge >= 0.3 is 6.18 Å². The van der Waals surface area contributed by atoms with Gasteiger partial charge < -0.3 is 5.32 Å². The van der Waals surface area contributed by atoms with Crippen LogP contribution in [0.2, 0.25) is 5.02 Å². The maximum atomic E-state index is 12.6. The van der Waals surface area contributed by atoms with E-state index in [1.54, 1.807) is 0 Å². The minimum absolute atomic E-state index is 0. The summed E-state index contributed by atoms with van der Waals surface area (Å²) in [6.07, 6.45) is -3.92. The SMILES string of the molecule is CN(C1CCNC1)S(=O)(=O)c1ccc(C(F)(F)F)cc1Cl.Cl. The lowest BCUT2D eigenvalue weighted by Crippen LogP contribution is -2.38. The van der Waals surface area contributed by atoms with Crippen molar-refractivity contribution in [2.24, 2.45) is 0 Å². The molecule has 2 rings (SSSR count). The average Bonchev–Trinajstić information content (AvgIpc) is 2.89. The highest BCUT2D eigenvalue weighted by Crippen LogP contribution is 2.34. The molecule has 1 aliphatic heterocycles. The van der Waals surface area contributed by atoms with Crippen molar-refractivity contribution in [3.8, 4) is 0 Å². The summed E-state index contributed by atoms with van der Waals surface area (Å²) in [5.41, 5.74) is -0.975. The fraction of sp³-hybridized carbons (Fsp3) is 0.500. The number of halogens is 5. The van der Waals surface area contributed by atoms with Crippen LogP contribution in [0.5, 0.6) is 0 Å². The largest absolute Gasteiger partial charge is 0.416 e. The van der Waals surface area contributed by atoms with E-state index in [2.05, 4.69) is 5.32 Å². The molecular formula is C12H15Cl2F3N2O2S. The lowest BCUT2D eigenvalue weighted by Gasteiger charge is -2.23. The lowest BCUT2D eigenvalue weighted by molar-refractivity contribution is -0.137. The molecule has 1 aliphatic rings. The zero-order valence-electron chi connectivity index (χ0n) is 11.5. The van der Waals surface area contributed by atoms with Gasteiger partial charge in [-0.1, -0.05) is 11.6 Å². The molecule has 0 radical (unpaired) electrons. The topological polar surface area (TPSA) is 49.4 Å². The number of benzene rings is 1. The third-order valence-corrected chi connectivity index (χ3v) is 5.86. The summed E-state index contributed by atoms with van der Waals surface area (Å²) in [7, 11) is -2.52. The maximum absolute atomic E-state index is 12.6. The normalized spacial score (nSPS) is 19.3. The summed E-state index contributed by atoms with van der Waals surface area (Å²) >= 11 is 5.75. The first kappa shape index (κ1) is 19.5. The number of hydrogen-bond donors (Lipinski definition) is 1. The molecule has 22 heavy (non-hydrogen) atoms. The van der Waals surface area contributed by atoms with Crippen molar-refractivity contribution in [2.45, 2.75) is 23.5 Å². The van der Waals surface area contributed by atoms with Gasteiger partial charge in [0.1, 0.15) is 4.90 Å². The predicted octanol–water partition coefficient (Wildman–Crippen LogP) is 2.76. The summed E-state index contributed by atoms with van der Waals surface area (Å²) in [4.78, 5) is -0.313. The third kappa shape index (κ3) is 3.86. The molecular weight excluding hydrogens is 364 g/mol. The van der Waals surface area contributed by atoms with Crippen molar-refractivity contribution in [1.82, 2.24) is 9.62 Å². The van der Waals surface area contributed by atoms with E-state index in [0.717, 1.165) is 16.4 Å². The number of sulfonamides is 1. The predicted molar refractivity (Wildman–Crippen MR) is 79.9 cm³/mol. The van der Waals surface area contributed by atoms with Crippen molar-refractivity contribution in [3.05, 3.63) is 28.8 Å². The fourth-order valence-electron chi connectivity index (χ4n) is 2.19. The Morgan fingerprint density at radius 2 is 2.00 bits per heavy atom. The average molecular weight is 379 g/mol. The molecule has 10 heteroatoms. The second kappa shape index (κ2) is 6.92. The van der Waals surface area contributed by atoms with Gasteiger partial charge in [-0.25, -0.2) is 8.42 Å². The van der Waals surface area contributed by atoms with E-state index >= 15 is 0 Å². The molecule has 4 nitrogen and oxygen atoms in total. The van der Waals surface area contributed by atoms with Gasteiger partial charge in [-0.15, -0.1) is 12.4 Å². The Hall–Kier alpha value is -0.540. The highest BCUT2D eigenvalue weighted by molar-refractivity contribution is 7.89. The first-order chi connectivity index (χ1) is 9.64. The summed E-state index contributed by atoms with van der Waals surface area (Å²) in [5.74, 6) is 0. The highest BCUT2D eigenvalue weighted by Gasteiger charge is 2.34. The van der Waals surface area contributed by atoms with Gasteiger partial charge in [-0.05, 0) is 31.2 Å². The first-order valence-electron chi connectivity index (χ1n) is 6.19. The van der Waals surface area contributed by atoms with Gasteiger partial charge in [0.05, 0.1) is 10.6 Å². The molecule has 0 aromatic heterocycles. The van der Waals surface area contributed by atoms with Gasteiger partial charge in [-0.3, -0.25) is 0 Å². The number of nitrogens with one attached hydrogen (secondary N) is 1. The first-order valence-corrected chi connectivity index (χ1v) is 8.01. The van der Waals surface area contributed by atoms with E-state index in [1.807, 2.05) is 0 Å². The number of hydrogen-bond acceptors (Lipinski definition) is 3. The van der Waals surface area contributed by atoms with Crippen LogP contribution in [-0.2, 0) is 16.2 Å². The summed E-state index contributed by atoms with van der Waals surface area (Å²) in [5, 5.41) is 2.60. The fourth-order valence-corrected chi connectivity index (χ4v) is 4.09. The summed E-state index contributed by atoms with van der Waals surface area (Å²) < 4.78 is 63.7. The molecule has 1 aromatic rings. The van der Waals surface area contributed by atoms with Crippen LogP contribution in [0.15, 0.2) is 23.1 Å². The standard InChI is InChI=1S/C12H14ClF3N2O2S.ClH/c1-18(9-4-5-17-7-9)21(19,20)11-3-2-8(6-10(11)13)12(14,15)16;/h2-3,6,9,17H,4-5,7H2,1H3;1H. The summed E-state index contributed by atoms with van der Waals surface area (Å²) in [6, 6.07) is 2.03. The van der Waals surface area contributed by atoms with E-state index in [9.17, 15) is 21.6 Å². The zero-order chi connectivity index (χ0) is 15.8. The Kier molecular flexibility index (Phi) is 6.14. The van der Waals surface area contributed by atoms with Gasteiger partial charge in [0, 0.05) is 19.6 Å². The Morgan fingerprint density at radius 3 is 2.45 bits per heavy atom. The Morgan fingerprint density at radius 1 is 1.36 bits per heavy atom. The lowest BCUT2D eigenvalue weighted by atomic mass is 10.2. The van der Waals surface area contributed by atoms with Crippen LogP contribution in [0.4, 0.5) is 13.2 Å². The Balaban J connectivity index is 0.00000242. The third-order valence-electron chi connectivity index (χ3n) is 3.46. The van der Waals surface area contributed by atoms with Crippen molar-refractivity contribution < 1.29 is 21.6 Å². The molecule has 1 N–H and O–H groups in total. The maximum Gasteiger partial charge on any atom is 0.416 e. The number of nitrogens with zero attached hydrogens (tertiary/aromatic N) is 1. The molecule has 1 unspecified atom stereocenters. The molecule has 0 aliphatic carbocycles. The molecule has 0 bridgehead atoms. The molecule has 1 atom stereocenters.